The van der Waals surface area contributed by atoms with Crippen molar-refractivity contribution in [2.75, 3.05) is 31.1 Å². The fourth-order valence-electron chi connectivity index (χ4n) is 3.84. The third-order valence-electron chi connectivity index (χ3n) is 5.62. The molecule has 1 fully saturated rings. The Balaban J connectivity index is 1.44. The highest BCUT2D eigenvalue weighted by atomic mass is 32.2. The van der Waals surface area contributed by atoms with Gasteiger partial charge in [0.05, 0.1) is 11.4 Å². The molecular formula is C26H26N2O4S. The number of phenolic OH excluding ortho intramolecular Hbond substituents is 1. The summed E-state index contributed by atoms with van der Waals surface area (Å²) < 4.78 is 5.89. The van der Waals surface area contributed by atoms with Gasteiger partial charge >= 0.3 is 0 Å². The number of hydrogen-bond acceptors (Lipinski definition) is 6. The van der Waals surface area contributed by atoms with Crippen molar-refractivity contribution in [1.29, 1.82) is 0 Å². The first-order valence-corrected chi connectivity index (χ1v) is 11.8. The number of carbonyl (C=O) groups excluding carboxylic acids is 2. The van der Waals surface area contributed by atoms with E-state index in [1.54, 1.807) is 18.2 Å². The van der Waals surface area contributed by atoms with Gasteiger partial charge in [-0.3, -0.25) is 14.5 Å². The van der Waals surface area contributed by atoms with Gasteiger partial charge in [0, 0.05) is 35.8 Å². The van der Waals surface area contributed by atoms with Crippen LogP contribution in [0.1, 0.15) is 19.4 Å². The van der Waals surface area contributed by atoms with E-state index >= 15 is 0 Å². The lowest BCUT2D eigenvalue weighted by Crippen LogP contribution is -2.32. The second kappa shape index (κ2) is 10.0. The van der Waals surface area contributed by atoms with Crippen molar-refractivity contribution in [2.45, 2.75) is 13.8 Å². The lowest BCUT2D eigenvalue weighted by Gasteiger charge is -2.21. The highest BCUT2D eigenvalue weighted by Gasteiger charge is 2.35. The van der Waals surface area contributed by atoms with E-state index in [1.807, 2.05) is 48.5 Å². The van der Waals surface area contributed by atoms with Crippen LogP contribution in [0.2, 0.25) is 0 Å². The minimum Gasteiger partial charge on any atom is -0.507 e. The van der Waals surface area contributed by atoms with Crippen molar-refractivity contribution in [3.8, 4) is 11.5 Å². The Morgan fingerprint density at radius 3 is 2.55 bits per heavy atom. The SMILES string of the molecule is CCN(CC)c1ccc(/C=C2\SC(=O)N(CCOc3cccc4ccccc34)C2=O)c(O)c1. The number of benzene rings is 3. The summed E-state index contributed by atoms with van der Waals surface area (Å²) in [4.78, 5) is 28.9. The summed E-state index contributed by atoms with van der Waals surface area (Å²) in [5.74, 6) is 0.415. The molecule has 2 amide bonds. The van der Waals surface area contributed by atoms with Crippen LogP contribution in [0.3, 0.4) is 0 Å². The highest BCUT2D eigenvalue weighted by molar-refractivity contribution is 8.18. The number of aromatic hydroxyl groups is 1. The summed E-state index contributed by atoms with van der Waals surface area (Å²) in [7, 11) is 0. The maximum Gasteiger partial charge on any atom is 0.293 e. The molecule has 170 valence electrons. The number of imide groups is 1. The second-order valence-corrected chi connectivity index (χ2v) is 8.57. The Labute approximate surface area is 197 Å². The number of rotatable bonds is 8. The molecule has 7 heteroatoms. The molecule has 1 N–H and O–H groups in total. The average molecular weight is 463 g/mol. The zero-order valence-electron chi connectivity index (χ0n) is 18.7. The molecule has 0 radical (unpaired) electrons. The summed E-state index contributed by atoms with van der Waals surface area (Å²) >= 11 is 0.875. The number of carbonyl (C=O) groups is 2. The van der Waals surface area contributed by atoms with Crippen LogP contribution in [0.4, 0.5) is 10.5 Å². The number of phenols is 1. The summed E-state index contributed by atoms with van der Waals surface area (Å²) in [5.41, 5.74) is 1.41. The van der Waals surface area contributed by atoms with E-state index < -0.39 is 0 Å². The number of thioether (sulfide) groups is 1. The summed E-state index contributed by atoms with van der Waals surface area (Å²) in [6.07, 6.45) is 1.57. The third kappa shape index (κ3) is 4.83. The topological polar surface area (TPSA) is 70.1 Å². The van der Waals surface area contributed by atoms with E-state index in [0.29, 0.717) is 11.3 Å². The Hall–Kier alpha value is -3.45. The van der Waals surface area contributed by atoms with Crippen LogP contribution in [0.5, 0.6) is 11.5 Å². The van der Waals surface area contributed by atoms with Crippen molar-refractivity contribution in [2.24, 2.45) is 0 Å². The molecule has 0 atom stereocenters. The van der Waals surface area contributed by atoms with E-state index in [9.17, 15) is 14.7 Å². The molecule has 0 aromatic heterocycles. The first-order valence-electron chi connectivity index (χ1n) is 11.0. The largest absolute Gasteiger partial charge is 0.507 e. The molecule has 0 spiro atoms. The van der Waals surface area contributed by atoms with Gasteiger partial charge in [0.2, 0.25) is 0 Å². The monoisotopic (exact) mass is 462 g/mol. The van der Waals surface area contributed by atoms with E-state index in [-0.39, 0.29) is 35.0 Å². The molecular weight excluding hydrogens is 436 g/mol. The number of anilines is 1. The van der Waals surface area contributed by atoms with Crippen LogP contribution in [0.15, 0.2) is 65.6 Å². The number of amides is 2. The van der Waals surface area contributed by atoms with Gasteiger partial charge in [0.15, 0.2) is 0 Å². The van der Waals surface area contributed by atoms with Crippen molar-refractivity contribution in [1.82, 2.24) is 4.90 Å². The molecule has 3 aromatic rings. The molecule has 1 saturated heterocycles. The normalized spacial score (nSPS) is 15.0. The molecule has 1 aliphatic rings. The van der Waals surface area contributed by atoms with Gasteiger partial charge in [-0.15, -0.1) is 0 Å². The minimum absolute atomic E-state index is 0.0745. The molecule has 1 heterocycles. The van der Waals surface area contributed by atoms with Gasteiger partial charge in [0.1, 0.15) is 18.1 Å². The van der Waals surface area contributed by atoms with Crippen LogP contribution in [0.25, 0.3) is 16.8 Å². The van der Waals surface area contributed by atoms with Gasteiger partial charge in [-0.1, -0.05) is 36.4 Å². The first-order chi connectivity index (χ1) is 16.0. The van der Waals surface area contributed by atoms with Crippen LogP contribution < -0.4 is 9.64 Å². The van der Waals surface area contributed by atoms with E-state index in [2.05, 4.69) is 18.7 Å². The van der Waals surface area contributed by atoms with Crippen LogP contribution in [-0.4, -0.2) is 47.4 Å². The maximum absolute atomic E-state index is 12.8. The lowest BCUT2D eigenvalue weighted by molar-refractivity contribution is -0.123. The van der Waals surface area contributed by atoms with Crippen molar-refractivity contribution >= 4 is 45.4 Å². The third-order valence-corrected chi connectivity index (χ3v) is 6.53. The molecule has 0 aliphatic carbocycles. The molecule has 3 aromatic carbocycles. The zero-order valence-corrected chi connectivity index (χ0v) is 19.5. The minimum atomic E-state index is -0.376. The van der Waals surface area contributed by atoms with E-state index in [4.69, 9.17) is 4.74 Å². The van der Waals surface area contributed by atoms with Gasteiger partial charge in [-0.25, -0.2) is 0 Å². The summed E-state index contributed by atoms with van der Waals surface area (Å²) in [5, 5.41) is 12.2. The fraction of sp³-hybridized carbons (Fsp3) is 0.231. The predicted octanol–water partition coefficient (Wildman–Crippen LogP) is 5.51. The maximum atomic E-state index is 12.8. The number of fused-ring (bicyclic) bond motifs is 1. The lowest BCUT2D eigenvalue weighted by atomic mass is 10.1. The van der Waals surface area contributed by atoms with Gasteiger partial charge in [-0.05, 0) is 55.3 Å². The molecule has 0 bridgehead atoms. The average Bonchev–Trinajstić information content (AvgIpc) is 3.09. The second-order valence-electron chi connectivity index (χ2n) is 7.57. The quantitative estimate of drug-likeness (QED) is 0.445. The Morgan fingerprint density at radius 2 is 1.79 bits per heavy atom. The van der Waals surface area contributed by atoms with Gasteiger partial charge in [-0.2, -0.15) is 0 Å². The number of ether oxygens (including phenoxy) is 1. The van der Waals surface area contributed by atoms with Crippen LogP contribution >= 0.6 is 11.8 Å². The van der Waals surface area contributed by atoms with E-state index in [1.165, 1.54) is 4.90 Å². The zero-order chi connectivity index (χ0) is 23.4. The van der Waals surface area contributed by atoms with Crippen LogP contribution in [0, 0.1) is 0 Å². The Kier molecular flexibility index (Phi) is 6.89. The van der Waals surface area contributed by atoms with Crippen molar-refractivity contribution < 1.29 is 19.4 Å². The molecule has 6 nitrogen and oxygen atoms in total. The fourth-order valence-corrected chi connectivity index (χ4v) is 4.70. The van der Waals surface area contributed by atoms with Crippen molar-refractivity contribution in [3.63, 3.8) is 0 Å². The molecule has 4 rings (SSSR count). The molecule has 0 saturated carbocycles. The smallest absolute Gasteiger partial charge is 0.293 e. The molecule has 1 aliphatic heterocycles. The van der Waals surface area contributed by atoms with Gasteiger partial charge in [0.25, 0.3) is 11.1 Å². The number of hydrogen-bond donors (Lipinski definition) is 1. The van der Waals surface area contributed by atoms with Crippen molar-refractivity contribution in [3.05, 3.63) is 71.1 Å². The highest BCUT2D eigenvalue weighted by Crippen LogP contribution is 2.35. The Bertz CT molecular complexity index is 1210. The van der Waals surface area contributed by atoms with Gasteiger partial charge < -0.3 is 14.7 Å². The predicted molar refractivity (Wildman–Crippen MR) is 134 cm³/mol. The molecule has 33 heavy (non-hydrogen) atoms. The number of nitrogens with zero attached hydrogens (tertiary/aromatic N) is 2. The Morgan fingerprint density at radius 1 is 1.03 bits per heavy atom. The standard InChI is InChI=1S/C26H26N2O4S/c1-3-27(4-2)20-13-12-19(22(29)17-20)16-24-25(30)28(26(31)33-24)14-15-32-23-11-7-9-18-8-5-6-10-21(18)23/h5-13,16-17,29H,3-4,14-15H2,1-2H3/b24-16-. The molecule has 0 unspecified atom stereocenters. The summed E-state index contributed by atoms with van der Waals surface area (Å²) in [6, 6.07) is 19.0. The summed E-state index contributed by atoms with van der Waals surface area (Å²) in [6.45, 7) is 6.11. The van der Waals surface area contributed by atoms with E-state index in [0.717, 1.165) is 41.3 Å². The first kappa shape index (κ1) is 22.7. The van der Waals surface area contributed by atoms with Crippen LogP contribution in [-0.2, 0) is 4.79 Å².